The van der Waals surface area contributed by atoms with Crippen LogP contribution >= 0.6 is 0 Å². The molecule has 3 heteroatoms. The second kappa shape index (κ2) is 8.55. The molecule has 0 aromatic rings. The topological polar surface area (TPSA) is 39.1 Å². The Kier molecular flexibility index (Phi) is 7.41. The van der Waals surface area contributed by atoms with E-state index >= 15 is 0 Å². The van der Waals surface area contributed by atoms with E-state index in [1.165, 1.54) is 32.2 Å². The Labute approximate surface area is 119 Å². The van der Waals surface area contributed by atoms with Gasteiger partial charge in [0.15, 0.2) is 0 Å². The average molecular weight is 265 g/mol. The Morgan fingerprint density at radius 3 is 2.68 bits per heavy atom. The number of nitriles is 1. The number of nitrogens with one attached hydrogen (secondary N) is 1. The van der Waals surface area contributed by atoms with E-state index in [0.29, 0.717) is 5.92 Å². The SMILES string of the molecule is CCCCN(CC)CCC1CCCC1(C#N)NCC. The van der Waals surface area contributed by atoms with Crippen LogP contribution in [0.15, 0.2) is 0 Å². The minimum Gasteiger partial charge on any atom is -0.304 e. The third-order valence-electron chi connectivity index (χ3n) is 4.58. The average Bonchev–Trinajstić information content (AvgIpc) is 2.83. The van der Waals surface area contributed by atoms with Gasteiger partial charge in [-0.1, -0.05) is 33.6 Å². The summed E-state index contributed by atoms with van der Waals surface area (Å²) in [5.41, 5.74) is -0.237. The minimum absolute atomic E-state index is 0.237. The van der Waals surface area contributed by atoms with Crippen molar-refractivity contribution in [3.8, 4) is 6.07 Å². The highest BCUT2D eigenvalue weighted by Gasteiger charge is 2.42. The Bertz CT molecular complexity index is 284. The van der Waals surface area contributed by atoms with Crippen LogP contribution in [0.3, 0.4) is 0 Å². The zero-order valence-electron chi connectivity index (χ0n) is 13.0. The maximum atomic E-state index is 9.56. The van der Waals surface area contributed by atoms with Crippen molar-refractivity contribution in [2.75, 3.05) is 26.2 Å². The summed E-state index contributed by atoms with van der Waals surface area (Å²) < 4.78 is 0. The molecule has 19 heavy (non-hydrogen) atoms. The van der Waals surface area contributed by atoms with Gasteiger partial charge in [0.25, 0.3) is 0 Å². The maximum Gasteiger partial charge on any atom is 0.109 e. The third-order valence-corrected chi connectivity index (χ3v) is 4.58. The molecule has 110 valence electrons. The van der Waals surface area contributed by atoms with E-state index < -0.39 is 0 Å². The molecule has 1 aliphatic rings. The summed E-state index contributed by atoms with van der Waals surface area (Å²) in [6, 6.07) is 2.58. The van der Waals surface area contributed by atoms with Crippen LogP contribution in [-0.2, 0) is 0 Å². The zero-order chi connectivity index (χ0) is 14.1. The first kappa shape index (κ1) is 16.5. The molecule has 0 aliphatic heterocycles. The minimum atomic E-state index is -0.237. The lowest BCUT2D eigenvalue weighted by atomic mass is 9.85. The van der Waals surface area contributed by atoms with Crippen molar-refractivity contribution in [1.29, 1.82) is 5.26 Å². The number of hydrogen-bond acceptors (Lipinski definition) is 3. The molecular weight excluding hydrogens is 234 g/mol. The normalized spacial score (nSPS) is 26.8. The summed E-state index contributed by atoms with van der Waals surface area (Å²) >= 11 is 0. The van der Waals surface area contributed by atoms with Crippen LogP contribution in [0, 0.1) is 17.2 Å². The summed E-state index contributed by atoms with van der Waals surface area (Å²) in [5, 5.41) is 13.0. The molecule has 1 N–H and O–H groups in total. The van der Waals surface area contributed by atoms with Gasteiger partial charge in [0.2, 0.25) is 0 Å². The van der Waals surface area contributed by atoms with Gasteiger partial charge in [-0.05, 0) is 57.8 Å². The van der Waals surface area contributed by atoms with Crippen LogP contribution in [0.1, 0.15) is 59.3 Å². The fraction of sp³-hybridized carbons (Fsp3) is 0.938. The van der Waals surface area contributed by atoms with Gasteiger partial charge in [-0.3, -0.25) is 5.32 Å². The molecular formula is C16H31N3. The largest absolute Gasteiger partial charge is 0.304 e. The molecule has 1 saturated carbocycles. The monoisotopic (exact) mass is 265 g/mol. The van der Waals surface area contributed by atoms with Crippen LogP contribution in [0.4, 0.5) is 0 Å². The standard InChI is InChI=1S/C16H31N3/c1-4-7-12-19(6-3)13-10-15-9-8-11-16(15,14-17)18-5-2/h15,18H,4-13H2,1-3H3. The molecule has 3 nitrogen and oxygen atoms in total. The van der Waals surface area contributed by atoms with Crippen LogP contribution in [0.5, 0.6) is 0 Å². The molecule has 2 unspecified atom stereocenters. The van der Waals surface area contributed by atoms with E-state index in [-0.39, 0.29) is 5.54 Å². The molecule has 0 aromatic heterocycles. The van der Waals surface area contributed by atoms with E-state index in [0.717, 1.165) is 32.5 Å². The predicted octanol–water partition coefficient (Wildman–Crippen LogP) is 3.17. The van der Waals surface area contributed by atoms with Crippen molar-refractivity contribution >= 4 is 0 Å². The van der Waals surface area contributed by atoms with Gasteiger partial charge in [0.05, 0.1) is 6.07 Å². The zero-order valence-corrected chi connectivity index (χ0v) is 13.0. The van der Waals surface area contributed by atoms with Gasteiger partial charge in [-0.2, -0.15) is 5.26 Å². The summed E-state index contributed by atoms with van der Waals surface area (Å²) in [4.78, 5) is 2.54. The molecule has 1 aliphatic carbocycles. The van der Waals surface area contributed by atoms with E-state index in [2.05, 4.69) is 37.1 Å². The summed E-state index contributed by atoms with van der Waals surface area (Å²) in [6.45, 7) is 11.0. The quantitative estimate of drug-likeness (QED) is 0.696. The van der Waals surface area contributed by atoms with Gasteiger partial charge >= 0.3 is 0 Å². The summed E-state index contributed by atoms with van der Waals surface area (Å²) in [5.74, 6) is 0.535. The van der Waals surface area contributed by atoms with E-state index in [1.807, 2.05) is 0 Å². The molecule has 0 spiro atoms. The van der Waals surface area contributed by atoms with Crippen LogP contribution in [-0.4, -0.2) is 36.6 Å². The molecule has 1 rings (SSSR count). The van der Waals surface area contributed by atoms with Gasteiger partial charge in [-0.15, -0.1) is 0 Å². The first-order valence-corrected chi connectivity index (χ1v) is 8.11. The van der Waals surface area contributed by atoms with Crippen LogP contribution < -0.4 is 5.32 Å². The van der Waals surface area contributed by atoms with Gasteiger partial charge in [0, 0.05) is 0 Å². The van der Waals surface area contributed by atoms with Crippen LogP contribution in [0.2, 0.25) is 0 Å². The molecule has 0 amide bonds. The predicted molar refractivity (Wildman–Crippen MR) is 81.0 cm³/mol. The first-order valence-electron chi connectivity index (χ1n) is 8.11. The Morgan fingerprint density at radius 2 is 2.11 bits per heavy atom. The van der Waals surface area contributed by atoms with Crippen molar-refractivity contribution < 1.29 is 0 Å². The summed E-state index contributed by atoms with van der Waals surface area (Å²) in [7, 11) is 0. The highest BCUT2D eigenvalue weighted by molar-refractivity contribution is 5.14. The number of unbranched alkanes of at least 4 members (excludes halogenated alkanes) is 1. The third kappa shape index (κ3) is 4.47. The second-order valence-electron chi connectivity index (χ2n) is 5.78. The van der Waals surface area contributed by atoms with Crippen molar-refractivity contribution in [2.24, 2.45) is 5.92 Å². The Balaban J connectivity index is 2.48. The Morgan fingerprint density at radius 1 is 1.32 bits per heavy atom. The van der Waals surface area contributed by atoms with Gasteiger partial charge in [-0.25, -0.2) is 0 Å². The lowest BCUT2D eigenvalue weighted by Crippen LogP contribution is -2.47. The number of hydrogen-bond donors (Lipinski definition) is 1. The fourth-order valence-corrected chi connectivity index (χ4v) is 3.35. The van der Waals surface area contributed by atoms with Gasteiger partial charge < -0.3 is 4.90 Å². The molecule has 0 saturated heterocycles. The summed E-state index contributed by atoms with van der Waals surface area (Å²) in [6.07, 6.45) is 7.16. The second-order valence-corrected chi connectivity index (χ2v) is 5.78. The lowest BCUT2D eigenvalue weighted by molar-refractivity contribution is 0.228. The lowest BCUT2D eigenvalue weighted by Gasteiger charge is -2.31. The molecule has 0 radical (unpaired) electrons. The molecule has 0 bridgehead atoms. The molecule has 0 aromatic carbocycles. The van der Waals surface area contributed by atoms with Crippen molar-refractivity contribution in [1.82, 2.24) is 10.2 Å². The van der Waals surface area contributed by atoms with E-state index in [1.54, 1.807) is 0 Å². The smallest absolute Gasteiger partial charge is 0.109 e. The van der Waals surface area contributed by atoms with Crippen molar-refractivity contribution in [3.05, 3.63) is 0 Å². The molecule has 2 atom stereocenters. The molecule has 0 heterocycles. The molecule has 1 fully saturated rings. The first-order chi connectivity index (χ1) is 9.22. The van der Waals surface area contributed by atoms with Crippen LogP contribution in [0.25, 0.3) is 0 Å². The fourth-order valence-electron chi connectivity index (χ4n) is 3.35. The maximum absolute atomic E-state index is 9.56. The number of rotatable bonds is 9. The van der Waals surface area contributed by atoms with Crippen molar-refractivity contribution in [3.63, 3.8) is 0 Å². The number of nitrogens with zero attached hydrogens (tertiary/aromatic N) is 2. The highest BCUT2D eigenvalue weighted by Crippen LogP contribution is 2.37. The highest BCUT2D eigenvalue weighted by atomic mass is 15.1. The van der Waals surface area contributed by atoms with Crippen molar-refractivity contribution in [2.45, 2.75) is 64.8 Å². The van der Waals surface area contributed by atoms with Gasteiger partial charge in [0.1, 0.15) is 5.54 Å². The van der Waals surface area contributed by atoms with E-state index in [4.69, 9.17) is 0 Å². The van der Waals surface area contributed by atoms with E-state index in [9.17, 15) is 5.26 Å². The Hall–Kier alpha value is -0.590.